The van der Waals surface area contributed by atoms with Crippen molar-refractivity contribution in [2.45, 2.75) is 45.7 Å². The lowest BCUT2D eigenvalue weighted by molar-refractivity contribution is -0.137. The molecule has 0 saturated carbocycles. The molecule has 196 valence electrons. The Labute approximate surface area is 219 Å². The maximum absolute atomic E-state index is 14.2. The van der Waals surface area contributed by atoms with E-state index in [-0.39, 0.29) is 40.4 Å². The van der Waals surface area contributed by atoms with Crippen molar-refractivity contribution in [2.24, 2.45) is 0 Å². The minimum absolute atomic E-state index is 0.0901. The predicted octanol–water partition coefficient (Wildman–Crippen LogP) is 7.03. The smallest absolute Gasteiger partial charge is 0.351 e. The van der Waals surface area contributed by atoms with E-state index >= 15 is 0 Å². The number of fused-ring (bicyclic) bond motifs is 1. The highest BCUT2D eigenvalue weighted by Crippen LogP contribution is 2.40. The molecule has 0 fully saturated rings. The Morgan fingerprint density at radius 3 is 2.34 bits per heavy atom. The van der Waals surface area contributed by atoms with Crippen LogP contribution in [0.25, 0.3) is 22.0 Å². The first-order valence-corrected chi connectivity index (χ1v) is 12.6. The zero-order chi connectivity index (χ0) is 27.3. The number of carbonyl (C=O) groups is 2. The van der Waals surface area contributed by atoms with Crippen molar-refractivity contribution in [3.8, 4) is 11.1 Å². The summed E-state index contributed by atoms with van der Waals surface area (Å²) < 4.78 is 42.6. The summed E-state index contributed by atoms with van der Waals surface area (Å²) >= 11 is 0. The Kier molecular flexibility index (Phi) is 8.20. The van der Waals surface area contributed by atoms with Gasteiger partial charge in [-0.15, -0.1) is 0 Å². The summed E-state index contributed by atoms with van der Waals surface area (Å²) in [6, 6.07) is 14.8. The van der Waals surface area contributed by atoms with Gasteiger partial charge in [0.05, 0.1) is 11.1 Å². The molecule has 0 aliphatic carbocycles. The number of halogens is 3. The summed E-state index contributed by atoms with van der Waals surface area (Å²) in [5.74, 6) is -0.511. The van der Waals surface area contributed by atoms with Crippen LogP contribution in [0.15, 0.2) is 67.0 Å². The third-order valence-corrected chi connectivity index (χ3v) is 6.39. The molecule has 4 aromatic rings. The van der Waals surface area contributed by atoms with E-state index in [2.05, 4.69) is 15.3 Å². The highest BCUT2D eigenvalue weighted by molar-refractivity contribution is 6.02. The highest BCUT2D eigenvalue weighted by Gasteiger charge is 2.35. The number of amides is 1. The summed E-state index contributed by atoms with van der Waals surface area (Å²) in [7, 11) is 0. The number of nitrogens with zero attached hydrogens (tertiary/aromatic N) is 2. The summed E-state index contributed by atoms with van der Waals surface area (Å²) in [6.45, 7) is 4.24. The molecule has 0 aliphatic heterocycles. The van der Waals surface area contributed by atoms with Crippen molar-refractivity contribution < 1.29 is 22.8 Å². The second kappa shape index (κ2) is 11.5. The molecule has 0 spiro atoms. The van der Waals surface area contributed by atoms with Gasteiger partial charge in [-0.25, -0.2) is 0 Å². The number of rotatable bonds is 9. The number of unbranched alkanes of at least 4 members (excludes halogenated alkanes) is 1. The topological polar surface area (TPSA) is 72.0 Å². The van der Waals surface area contributed by atoms with E-state index < -0.39 is 11.7 Å². The summed E-state index contributed by atoms with van der Waals surface area (Å²) in [4.78, 5) is 33.5. The minimum atomic E-state index is -4.65. The molecular formula is C30H28F3N3O2. The fourth-order valence-electron chi connectivity index (χ4n) is 4.35. The third-order valence-electron chi connectivity index (χ3n) is 6.39. The maximum atomic E-state index is 14.2. The van der Waals surface area contributed by atoms with Crippen LogP contribution < -0.4 is 5.32 Å². The van der Waals surface area contributed by atoms with E-state index in [9.17, 15) is 22.8 Å². The van der Waals surface area contributed by atoms with Gasteiger partial charge >= 0.3 is 6.18 Å². The summed E-state index contributed by atoms with van der Waals surface area (Å²) in [6.07, 6.45) is 0.337. The maximum Gasteiger partial charge on any atom is 0.417 e. The van der Waals surface area contributed by atoms with Crippen molar-refractivity contribution in [3.63, 3.8) is 0 Å². The number of benzene rings is 2. The highest BCUT2D eigenvalue weighted by atomic mass is 19.4. The number of aromatic nitrogens is 2. The van der Waals surface area contributed by atoms with Crippen LogP contribution in [0.5, 0.6) is 0 Å². The predicted molar refractivity (Wildman–Crippen MR) is 141 cm³/mol. The van der Waals surface area contributed by atoms with Gasteiger partial charge in [-0.3, -0.25) is 19.6 Å². The molecule has 1 amide bonds. The molecule has 0 bridgehead atoms. The molecule has 0 atom stereocenters. The first-order chi connectivity index (χ1) is 18.2. The Balaban J connectivity index is 1.87. The van der Waals surface area contributed by atoms with Gasteiger partial charge < -0.3 is 5.32 Å². The molecule has 8 heteroatoms. The average Bonchev–Trinajstić information content (AvgIpc) is 2.92. The molecule has 38 heavy (non-hydrogen) atoms. The van der Waals surface area contributed by atoms with E-state index in [1.54, 1.807) is 6.92 Å². The second-order valence-corrected chi connectivity index (χ2v) is 9.04. The fraction of sp³-hybridized carbons (Fsp3) is 0.267. The van der Waals surface area contributed by atoms with E-state index in [0.717, 1.165) is 24.5 Å². The van der Waals surface area contributed by atoms with Gasteiger partial charge in [-0.2, -0.15) is 13.2 Å². The molecule has 0 radical (unpaired) electrons. The van der Waals surface area contributed by atoms with Gasteiger partial charge in [-0.1, -0.05) is 56.7 Å². The zero-order valence-corrected chi connectivity index (χ0v) is 21.2. The van der Waals surface area contributed by atoms with Crippen LogP contribution in [0, 0.1) is 0 Å². The Morgan fingerprint density at radius 1 is 0.947 bits per heavy atom. The standard InChI is InChI=1S/C30H28F3N3O2/c1-3-5-13-34-29(38)26-12-11-20(17-35-26)21-15-23-22(14-19-9-7-6-8-10-19)24(28(37)4-2)18-36-27(23)16-25(21)30(31,32)33/h6-12,15-18H,3-5,13-14H2,1-2H3,(H,34,38). The monoisotopic (exact) mass is 519 g/mol. The fourth-order valence-corrected chi connectivity index (χ4v) is 4.35. The molecule has 2 aromatic carbocycles. The average molecular weight is 520 g/mol. The van der Waals surface area contributed by atoms with Crippen molar-refractivity contribution in [1.82, 2.24) is 15.3 Å². The molecule has 4 rings (SSSR count). The Hall–Kier alpha value is -4.07. The van der Waals surface area contributed by atoms with Crippen molar-refractivity contribution in [3.05, 3.63) is 94.9 Å². The largest absolute Gasteiger partial charge is 0.417 e. The number of ketones is 1. The molecule has 2 aromatic heterocycles. The second-order valence-electron chi connectivity index (χ2n) is 9.04. The summed E-state index contributed by atoms with van der Waals surface area (Å²) in [5, 5.41) is 3.22. The Morgan fingerprint density at radius 2 is 1.71 bits per heavy atom. The molecular weight excluding hydrogens is 491 g/mol. The normalized spacial score (nSPS) is 11.5. The quantitative estimate of drug-likeness (QED) is 0.190. The number of pyridine rings is 2. The van der Waals surface area contributed by atoms with Crippen LogP contribution in [-0.4, -0.2) is 28.2 Å². The number of hydrogen-bond donors (Lipinski definition) is 1. The van der Waals surface area contributed by atoms with E-state index in [0.29, 0.717) is 29.5 Å². The van der Waals surface area contributed by atoms with Gasteiger partial charge in [0.15, 0.2) is 5.78 Å². The molecule has 0 saturated heterocycles. The molecule has 0 unspecified atom stereocenters. The Bertz CT molecular complexity index is 1450. The van der Waals surface area contributed by atoms with Gasteiger partial charge in [0.1, 0.15) is 5.69 Å². The van der Waals surface area contributed by atoms with Crippen molar-refractivity contribution in [2.75, 3.05) is 6.54 Å². The van der Waals surface area contributed by atoms with Gasteiger partial charge in [0, 0.05) is 41.9 Å². The van der Waals surface area contributed by atoms with E-state index in [4.69, 9.17) is 0 Å². The summed E-state index contributed by atoms with van der Waals surface area (Å²) in [5.41, 5.74) is 1.48. The first kappa shape index (κ1) is 27.0. The number of alkyl halides is 3. The molecule has 5 nitrogen and oxygen atoms in total. The first-order valence-electron chi connectivity index (χ1n) is 12.6. The van der Waals surface area contributed by atoms with Crippen molar-refractivity contribution >= 4 is 22.6 Å². The number of Topliss-reactive ketones (excluding diaryl/α,β-unsaturated/α-hetero) is 1. The minimum Gasteiger partial charge on any atom is -0.351 e. The van der Waals surface area contributed by atoms with Crippen LogP contribution in [0.4, 0.5) is 13.2 Å². The van der Waals surface area contributed by atoms with Crippen LogP contribution in [0.2, 0.25) is 0 Å². The SMILES string of the molecule is CCCCNC(=O)c1ccc(-c2cc3c(Cc4ccccc4)c(C(=O)CC)cnc3cc2C(F)(F)F)cn1. The van der Waals surface area contributed by atoms with E-state index in [1.165, 1.54) is 30.6 Å². The third kappa shape index (κ3) is 5.90. The van der Waals surface area contributed by atoms with Crippen LogP contribution in [0.1, 0.15) is 70.6 Å². The van der Waals surface area contributed by atoms with Crippen LogP contribution >= 0.6 is 0 Å². The molecule has 1 N–H and O–H groups in total. The van der Waals surface area contributed by atoms with Gasteiger partial charge in [0.25, 0.3) is 5.91 Å². The van der Waals surface area contributed by atoms with Gasteiger partial charge in [0.2, 0.25) is 0 Å². The lowest BCUT2D eigenvalue weighted by atomic mass is 9.90. The van der Waals surface area contributed by atoms with Crippen LogP contribution in [0.3, 0.4) is 0 Å². The number of hydrogen-bond acceptors (Lipinski definition) is 4. The van der Waals surface area contributed by atoms with Crippen LogP contribution in [-0.2, 0) is 12.6 Å². The van der Waals surface area contributed by atoms with E-state index in [1.807, 2.05) is 37.3 Å². The lowest BCUT2D eigenvalue weighted by Gasteiger charge is -2.18. The molecule has 0 aliphatic rings. The lowest BCUT2D eigenvalue weighted by Crippen LogP contribution is -2.25. The molecule has 2 heterocycles. The van der Waals surface area contributed by atoms with Crippen molar-refractivity contribution in [1.29, 1.82) is 0 Å². The van der Waals surface area contributed by atoms with Gasteiger partial charge in [-0.05, 0) is 47.7 Å². The number of carbonyl (C=O) groups excluding carboxylic acids is 2. The number of nitrogens with one attached hydrogen (secondary N) is 1. The zero-order valence-electron chi connectivity index (χ0n) is 21.2.